The number of halogens is 1. The molecular formula is C16H13FN2O. The smallest absolute Gasteiger partial charge is 0.267 e. The van der Waals surface area contributed by atoms with Crippen molar-refractivity contribution in [2.24, 2.45) is 5.10 Å². The molecule has 4 heteroatoms. The number of hydrogen-bond acceptors (Lipinski definition) is 2. The van der Waals surface area contributed by atoms with Crippen molar-refractivity contribution in [2.45, 2.75) is 6.42 Å². The van der Waals surface area contributed by atoms with Crippen molar-refractivity contribution in [2.75, 3.05) is 6.54 Å². The number of benzene rings is 2. The first-order valence-electron chi connectivity index (χ1n) is 6.44. The number of hydrazone groups is 1. The molecule has 3 rings (SSSR count). The lowest BCUT2D eigenvalue weighted by atomic mass is 10.1. The SMILES string of the molecule is O=C(c1cccc(F)c1)N1CCC(c2ccccc2)=N1. The molecule has 0 aliphatic carbocycles. The van der Waals surface area contributed by atoms with Crippen LogP contribution in [-0.2, 0) is 0 Å². The van der Waals surface area contributed by atoms with E-state index < -0.39 is 5.82 Å². The lowest BCUT2D eigenvalue weighted by Gasteiger charge is -2.11. The molecule has 100 valence electrons. The number of rotatable bonds is 2. The summed E-state index contributed by atoms with van der Waals surface area (Å²) in [5, 5.41) is 5.74. The number of carbonyl (C=O) groups is 1. The molecule has 2 aromatic rings. The van der Waals surface area contributed by atoms with E-state index in [0.717, 1.165) is 11.3 Å². The maximum Gasteiger partial charge on any atom is 0.274 e. The predicted octanol–water partition coefficient (Wildman–Crippen LogP) is 3.08. The molecule has 0 spiro atoms. The zero-order valence-corrected chi connectivity index (χ0v) is 10.8. The average molecular weight is 268 g/mol. The molecule has 0 N–H and O–H groups in total. The fourth-order valence-electron chi connectivity index (χ4n) is 2.21. The van der Waals surface area contributed by atoms with Crippen LogP contribution in [0.15, 0.2) is 59.7 Å². The third-order valence-corrected chi connectivity index (χ3v) is 3.21. The van der Waals surface area contributed by atoms with E-state index in [1.165, 1.54) is 23.2 Å². The highest BCUT2D eigenvalue weighted by atomic mass is 19.1. The van der Waals surface area contributed by atoms with Crippen LogP contribution in [0.3, 0.4) is 0 Å². The lowest BCUT2D eigenvalue weighted by Crippen LogP contribution is -2.23. The van der Waals surface area contributed by atoms with Gasteiger partial charge in [0.25, 0.3) is 5.91 Å². The Kier molecular flexibility index (Phi) is 3.29. The van der Waals surface area contributed by atoms with Gasteiger partial charge in [-0.15, -0.1) is 0 Å². The van der Waals surface area contributed by atoms with Crippen molar-refractivity contribution in [1.82, 2.24) is 5.01 Å². The van der Waals surface area contributed by atoms with Crippen LogP contribution in [0.1, 0.15) is 22.3 Å². The normalized spacial score (nSPS) is 14.2. The van der Waals surface area contributed by atoms with Crippen LogP contribution in [0.5, 0.6) is 0 Å². The monoisotopic (exact) mass is 268 g/mol. The Labute approximate surface area is 116 Å². The van der Waals surface area contributed by atoms with Gasteiger partial charge in [0, 0.05) is 12.0 Å². The highest BCUT2D eigenvalue weighted by Gasteiger charge is 2.22. The Morgan fingerprint density at radius 3 is 2.65 bits per heavy atom. The largest absolute Gasteiger partial charge is 0.274 e. The lowest BCUT2D eigenvalue weighted by molar-refractivity contribution is 0.0778. The topological polar surface area (TPSA) is 32.7 Å². The van der Waals surface area contributed by atoms with Gasteiger partial charge < -0.3 is 0 Å². The van der Waals surface area contributed by atoms with Gasteiger partial charge in [0.1, 0.15) is 5.82 Å². The van der Waals surface area contributed by atoms with Gasteiger partial charge in [0.2, 0.25) is 0 Å². The van der Waals surface area contributed by atoms with Crippen molar-refractivity contribution in [3.05, 3.63) is 71.5 Å². The summed E-state index contributed by atoms with van der Waals surface area (Å²) < 4.78 is 13.1. The van der Waals surface area contributed by atoms with Crippen LogP contribution in [0.2, 0.25) is 0 Å². The van der Waals surface area contributed by atoms with E-state index in [-0.39, 0.29) is 5.91 Å². The molecule has 1 amide bonds. The van der Waals surface area contributed by atoms with E-state index in [2.05, 4.69) is 5.10 Å². The third-order valence-electron chi connectivity index (χ3n) is 3.21. The maximum atomic E-state index is 13.1. The van der Waals surface area contributed by atoms with Gasteiger partial charge in [-0.25, -0.2) is 9.40 Å². The summed E-state index contributed by atoms with van der Waals surface area (Å²) in [5.74, 6) is -0.683. The van der Waals surface area contributed by atoms with Crippen LogP contribution in [0, 0.1) is 5.82 Å². The minimum Gasteiger partial charge on any atom is -0.267 e. The average Bonchev–Trinajstić information content (AvgIpc) is 2.97. The Bertz CT molecular complexity index is 667. The van der Waals surface area contributed by atoms with Crippen LogP contribution in [0.25, 0.3) is 0 Å². The molecule has 1 aliphatic rings. The molecule has 1 heterocycles. The summed E-state index contributed by atoms with van der Waals surface area (Å²) in [6.45, 7) is 0.527. The molecule has 0 saturated heterocycles. The van der Waals surface area contributed by atoms with Crippen molar-refractivity contribution in [3.8, 4) is 0 Å². The Hall–Kier alpha value is -2.49. The van der Waals surface area contributed by atoms with E-state index in [1.807, 2.05) is 30.3 Å². The zero-order valence-electron chi connectivity index (χ0n) is 10.8. The molecule has 1 aliphatic heterocycles. The molecule has 3 nitrogen and oxygen atoms in total. The van der Waals surface area contributed by atoms with Gasteiger partial charge in [0.15, 0.2) is 0 Å². The fourth-order valence-corrected chi connectivity index (χ4v) is 2.21. The standard InChI is InChI=1S/C16H13FN2O/c17-14-8-4-7-13(11-14)16(20)19-10-9-15(18-19)12-5-2-1-3-6-12/h1-8,11H,9-10H2. The molecule has 0 saturated carbocycles. The van der Waals surface area contributed by atoms with Gasteiger partial charge in [0.05, 0.1) is 12.3 Å². The first-order chi connectivity index (χ1) is 9.74. The number of nitrogens with zero attached hydrogens (tertiary/aromatic N) is 2. The van der Waals surface area contributed by atoms with Crippen LogP contribution in [0.4, 0.5) is 4.39 Å². The third kappa shape index (κ3) is 2.45. The molecule has 0 bridgehead atoms. The minimum atomic E-state index is -0.415. The molecule has 0 unspecified atom stereocenters. The second kappa shape index (κ2) is 5.25. The Morgan fingerprint density at radius 2 is 1.90 bits per heavy atom. The van der Waals surface area contributed by atoms with Gasteiger partial charge in [-0.1, -0.05) is 36.4 Å². The van der Waals surface area contributed by atoms with Crippen LogP contribution >= 0.6 is 0 Å². The molecule has 0 radical (unpaired) electrons. The molecular weight excluding hydrogens is 255 g/mol. The van der Waals surface area contributed by atoms with E-state index in [9.17, 15) is 9.18 Å². The second-order valence-corrected chi connectivity index (χ2v) is 4.60. The summed E-state index contributed by atoms with van der Waals surface area (Å²) >= 11 is 0. The number of hydrogen-bond donors (Lipinski definition) is 0. The van der Waals surface area contributed by atoms with Gasteiger partial charge in [-0.2, -0.15) is 5.10 Å². The minimum absolute atomic E-state index is 0.268. The van der Waals surface area contributed by atoms with Crippen molar-refractivity contribution < 1.29 is 9.18 Å². The maximum absolute atomic E-state index is 13.1. The van der Waals surface area contributed by atoms with Crippen LogP contribution < -0.4 is 0 Å². The number of amides is 1. The van der Waals surface area contributed by atoms with Crippen molar-refractivity contribution in [3.63, 3.8) is 0 Å². The van der Waals surface area contributed by atoms with Gasteiger partial charge in [-0.3, -0.25) is 4.79 Å². The summed E-state index contributed by atoms with van der Waals surface area (Å²) in [4.78, 5) is 12.2. The molecule has 20 heavy (non-hydrogen) atoms. The molecule has 0 aromatic heterocycles. The number of carbonyl (C=O) groups excluding carboxylic acids is 1. The first-order valence-corrected chi connectivity index (χ1v) is 6.44. The van der Waals surface area contributed by atoms with Crippen molar-refractivity contribution in [1.29, 1.82) is 0 Å². The highest BCUT2D eigenvalue weighted by Crippen LogP contribution is 2.16. The Morgan fingerprint density at radius 1 is 1.10 bits per heavy atom. The summed E-state index contributed by atoms with van der Waals surface area (Å²) in [6.07, 6.45) is 0.713. The fraction of sp³-hybridized carbons (Fsp3) is 0.125. The molecule has 0 fully saturated rings. The van der Waals surface area contributed by atoms with Crippen LogP contribution in [-0.4, -0.2) is 23.2 Å². The summed E-state index contributed by atoms with van der Waals surface area (Å²) in [5.41, 5.74) is 2.22. The zero-order chi connectivity index (χ0) is 13.9. The molecule has 2 aromatic carbocycles. The predicted molar refractivity (Wildman–Crippen MR) is 75.0 cm³/mol. The van der Waals surface area contributed by atoms with Gasteiger partial charge in [-0.05, 0) is 23.8 Å². The summed E-state index contributed by atoms with van der Waals surface area (Å²) in [7, 11) is 0. The van der Waals surface area contributed by atoms with Crippen molar-refractivity contribution >= 4 is 11.6 Å². The van der Waals surface area contributed by atoms with Gasteiger partial charge >= 0.3 is 0 Å². The highest BCUT2D eigenvalue weighted by molar-refractivity contribution is 6.04. The summed E-state index contributed by atoms with van der Waals surface area (Å²) in [6, 6.07) is 15.4. The van der Waals surface area contributed by atoms with E-state index in [1.54, 1.807) is 6.07 Å². The van der Waals surface area contributed by atoms with E-state index in [0.29, 0.717) is 18.5 Å². The second-order valence-electron chi connectivity index (χ2n) is 4.60. The first kappa shape index (κ1) is 12.5. The van der Waals surface area contributed by atoms with E-state index >= 15 is 0 Å². The van der Waals surface area contributed by atoms with E-state index in [4.69, 9.17) is 0 Å². The quantitative estimate of drug-likeness (QED) is 0.823. The molecule has 0 atom stereocenters. The Balaban J connectivity index is 1.83.